The fourth-order valence-corrected chi connectivity index (χ4v) is 6.58. The lowest BCUT2D eigenvalue weighted by molar-refractivity contribution is -0.133. The van der Waals surface area contributed by atoms with Crippen molar-refractivity contribution in [3.8, 4) is 11.5 Å². The van der Waals surface area contributed by atoms with Gasteiger partial charge >= 0.3 is 0 Å². The van der Waals surface area contributed by atoms with Crippen LogP contribution in [0.25, 0.3) is 0 Å². The zero-order chi connectivity index (χ0) is 24.5. The molecule has 1 aromatic carbocycles. The topological polar surface area (TPSA) is 105 Å². The number of piperazine rings is 1. The number of carbonyl (C=O) groups is 1. The highest BCUT2D eigenvalue weighted by Gasteiger charge is 2.36. The number of methoxy groups -OCH3 is 2. The van der Waals surface area contributed by atoms with E-state index in [2.05, 4.69) is 5.16 Å². The first-order chi connectivity index (χ1) is 16.3. The lowest BCUT2D eigenvalue weighted by Gasteiger charge is -2.35. The summed E-state index contributed by atoms with van der Waals surface area (Å²) in [7, 11) is -0.430. The van der Waals surface area contributed by atoms with Crippen molar-refractivity contribution in [2.24, 2.45) is 0 Å². The van der Waals surface area contributed by atoms with Crippen molar-refractivity contribution >= 4 is 15.9 Å². The molecule has 0 aliphatic carbocycles. The Morgan fingerprint density at radius 2 is 1.85 bits per heavy atom. The molecule has 3 heterocycles. The minimum Gasteiger partial charge on any atom is -0.497 e. The van der Waals surface area contributed by atoms with E-state index in [1.165, 1.54) is 4.31 Å². The summed E-state index contributed by atoms with van der Waals surface area (Å²) in [5.74, 6) is 1.80. The van der Waals surface area contributed by atoms with Crippen LogP contribution >= 0.6 is 0 Å². The molecule has 186 valence electrons. The number of nitrogens with zero attached hydrogens (tertiary/aromatic N) is 4. The summed E-state index contributed by atoms with van der Waals surface area (Å²) in [6.07, 6.45) is 1.78. The van der Waals surface area contributed by atoms with Gasteiger partial charge in [-0.2, -0.15) is 4.31 Å². The van der Waals surface area contributed by atoms with E-state index in [0.29, 0.717) is 44.2 Å². The number of hydrogen-bond acceptors (Lipinski definition) is 8. The number of aromatic nitrogens is 1. The second kappa shape index (κ2) is 9.93. The van der Waals surface area contributed by atoms with E-state index in [0.717, 1.165) is 29.9 Å². The molecular weight excluding hydrogens is 460 g/mol. The molecule has 34 heavy (non-hydrogen) atoms. The predicted molar refractivity (Wildman–Crippen MR) is 124 cm³/mol. The first kappa shape index (κ1) is 24.5. The normalized spacial score (nSPS) is 20.0. The lowest BCUT2D eigenvalue weighted by Crippen LogP contribution is -2.51. The van der Waals surface area contributed by atoms with Crippen molar-refractivity contribution in [1.29, 1.82) is 0 Å². The third-order valence-electron chi connectivity index (χ3n) is 6.62. The van der Waals surface area contributed by atoms with Crippen molar-refractivity contribution < 1.29 is 27.2 Å². The van der Waals surface area contributed by atoms with Gasteiger partial charge in [-0.25, -0.2) is 8.42 Å². The van der Waals surface area contributed by atoms with E-state index < -0.39 is 10.0 Å². The molecule has 11 heteroatoms. The lowest BCUT2D eigenvalue weighted by atomic mass is 10.0. The Bertz CT molecular complexity index is 1120. The number of ether oxygens (including phenoxy) is 2. The van der Waals surface area contributed by atoms with Crippen LogP contribution in [0.3, 0.4) is 0 Å². The zero-order valence-electron chi connectivity index (χ0n) is 20.1. The summed E-state index contributed by atoms with van der Waals surface area (Å²) in [4.78, 5) is 17.3. The van der Waals surface area contributed by atoms with Gasteiger partial charge in [0.1, 0.15) is 22.1 Å². The van der Waals surface area contributed by atoms with Crippen LogP contribution in [0, 0.1) is 13.8 Å². The molecule has 0 N–H and O–H groups in total. The van der Waals surface area contributed by atoms with Crippen LogP contribution in [0.5, 0.6) is 11.5 Å². The van der Waals surface area contributed by atoms with Gasteiger partial charge in [-0.05, 0) is 44.9 Å². The number of sulfonamides is 1. The fraction of sp³-hybridized carbons (Fsp3) is 0.565. The monoisotopic (exact) mass is 492 g/mol. The van der Waals surface area contributed by atoms with Crippen molar-refractivity contribution in [2.75, 3.05) is 53.5 Å². The maximum Gasteiger partial charge on any atom is 0.248 e. The van der Waals surface area contributed by atoms with Crippen molar-refractivity contribution in [3.05, 3.63) is 35.2 Å². The quantitative estimate of drug-likeness (QED) is 0.578. The maximum atomic E-state index is 13.3. The largest absolute Gasteiger partial charge is 0.497 e. The van der Waals surface area contributed by atoms with Crippen LogP contribution < -0.4 is 9.47 Å². The van der Waals surface area contributed by atoms with E-state index in [1.54, 1.807) is 28.1 Å². The molecule has 0 spiro atoms. The summed E-state index contributed by atoms with van der Waals surface area (Å²) in [5, 5.41) is 3.77. The molecule has 4 rings (SSSR count). The standard InChI is InChI=1S/C23H32N4O6S/c1-16-23(17(2)33-24-16)34(29,30)26-12-10-25(11-13-26)15-22(28)27-9-5-6-20(27)19-14-18(31-3)7-8-21(19)32-4/h7-8,14,20H,5-6,9-13,15H2,1-4H3/t20-/m1/s1. The van der Waals surface area contributed by atoms with Gasteiger partial charge in [0.25, 0.3) is 0 Å². The molecule has 1 atom stereocenters. The number of benzene rings is 1. The van der Waals surface area contributed by atoms with Crippen molar-refractivity contribution in [1.82, 2.24) is 19.3 Å². The minimum atomic E-state index is -3.68. The van der Waals surface area contributed by atoms with E-state index in [9.17, 15) is 13.2 Å². The van der Waals surface area contributed by atoms with Crippen LogP contribution in [0.4, 0.5) is 0 Å². The van der Waals surface area contributed by atoms with E-state index in [-0.39, 0.29) is 23.4 Å². The van der Waals surface area contributed by atoms with Gasteiger partial charge in [-0.3, -0.25) is 9.69 Å². The Morgan fingerprint density at radius 1 is 1.12 bits per heavy atom. The Kier molecular flexibility index (Phi) is 7.15. The predicted octanol–water partition coefficient (Wildman–Crippen LogP) is 1.98. The molecule has 1 amide bonds. The molecule has 2 fully saturated rings. The highest BCUT2D eigenvalue weighted by molar-refractivity contribution is 7.89. The minimum absolute atomic E-state index is 0.0365. The van der Waals surface area contributed by atoms with Gasteiger partial charge in [-0.15, -0.1) is 0 Å². The molecular formula is C23H32N4O6S. The SMILES string of the molecule is COc1ccc(OC)c([C@H]2CCCN2C(=O)CN2CCN(S(=O)(=O)c3c(C)noc3C)CC2)c1. The van der Waals surface area contributed by atoms with Crippen LogP contribution in [-0.4, -0.2) is 87.1 Å². The molecule has 1 aromatic heterocycles. The number of rotatable bonds is 7. The zero-order valence-corrected chi connectivity index (χ0v) is 20.9. The first-order valence-electron chi connectivity index (χ1n) is 11.4. The summed E-state index contributed by atoms with van der Waals surface area (Å²) >= 11 is 0. The van der Waals surface area contributed by atoms with Gasteiger partial charge in [0.15, 0.2) is 5.76 Å². The van der Waals surface area contributed by atoms with E-state index in [1.807, 2.05) is 28.0 Å². The average Bonchev–Trinajstić information content (AvgIpc) is 3.45. The number of amides is 1. The van der Waals surface area contributed by atoms with Crippen LogP contribution in [0.1, 0.15) is 35.9 Å². The molecule has 10 nitrogen and oxygen atoms in total. The summed E-state index contributed by atoms with van der Waals surface area (Å²) < 4.78 is 43.5. The summed E-state index contributed by atoms with van der Waals surface area (Å²) in [5.41, 5.74) is 1.31. The molecule has 2 aliphatic rings. The number of likely N-dealkylation sites (tertiary alicyclic amines) is 1. The van der Waals surface area contributed by atoms with Crippen LogP contribution in [-0.2, 0) is 14.8 Å². The van der Waals surface area contributed by atoms with Crippen molar-refractivity contribution in [3.63, 3.8) is 0 Å². The Morgan fingerprint density at radius 3 is 2.47 bits per heavy atom. The van der Waals surface area contributed by atoms with Crippen LogP contribution in [0.15, 0.2) is 27.6 Å². The second-order valence-corrected chi connectivity index (χ2v) is 10.6. The Hall–Kier alpha value is -2.63. The van der Waals surface area contributed by atoms with Gasteiger partial charge in [-0.1, -0.05) is 5.16 Å². The third-order valence-corrected chi connectivity index (χ3v) is 8.77. The van der Waals surface area contributed by atoms with E-state index >= 15 is 0 Å². The highest BCUT2D eigenvalue weighted by atomic mass is 32.2. The molecule has 2 aromatic rings. The number of hydrogen-bond donors (Lipinski definition) is 0. The van der Waals surface area contributed by atoms with Gasteiger partial charge < -0.3 is 18.9 Å². The first-order valence-corrected chi connectivity index (χ1v) is 12.9. The summed E-state index contributed by atoms with van der Waals surface area (Å²) in [6.45, 7) is 5.75. The fourth-order valence-electron chi connectivity index (χ4n) is 4.87. The molecule has 2 aliphatic heterocycles. The van der Waals surface area contributed by atoms with Crippen LogP contribution in [0.2, 0.25) is 0 Å². The second-order valence-electron chi connectivity index (χ2n) is 8.69. The molecule has 0 unspecified atom stereocenters. The van der Waals surface area contributed by atoms with Gasteiger partial charge in [0, 0.05) is 38.3 Å². The van der Waals surface area contributed by atoms with Gasteiger partial charge in [0.05, 0.1) is 26.8 Å². The Balaban J connectivity index is 1.40. The average molecular weight is 493 g/mol. The molecule has 0 saturated carbocycles. The number of aryl methyl sites for hydroxylation is 2. The molecule has 0 bridgehead atoms. The molecule has 0 radical (unpaired) electrons. The highest BCUT2D eigenvalue weighted by Crippen LogP contribution is 2.39. The summed E-state index contributed by atoms with van der Waals surface area (Å²) in [6, 6.07) is 5.58. The van der Waals surface area contributed by atoms with Gasteiger partial charge in [0.2, 0.25) is 15.9 Å². The van der Waals surface area contributed by atoms with E-state index in [4.69, 9.17) is 14.0 Å². The Labute approximate surface area is 200 Å². The number of carbonyl (C=O) groups excluding carboxylic acids is 1. The smallest absolute Gasteiger partial charge is 0.248 e. The third kappa shape index (κ3) is 4.64. The molecule has 2 saturated heterocycles. The maximum absolute atomic E-state index is 13.3. The van der Waals surface area contributed by atoms with Crippen molar-refractivity contribution in [2.45, 2.75) is 37.6 Å².